The Labute approximate surface area is 98.7 Å². The summed E-state index contributed by atoms with van der Waals surface area (Å²) < 4.78 is 6.50. The molecule has 5 nitrogen and oxygen atoms in total. The van der Waals surface area contributed by atoms with Crippen molar-refractivity contribution in [3.63, 3.8) is 0 Å². The summed E-state index contributed by atoms with van der Waals surface area (Å²) in [6, 6.07) is 3.80. The first-order chi connectivity index (χ1) is 8.17. The number of carbonyl (C=O) groups is 1. The van der Waals surface area contributed by atoms with Crippen LogP contribution in [0.3, 0.4) is 0 Å². The Morgan fingerprint density at radius 3 is 3.00 bits per heavy atom. The average molecular weight is 234 g/mol. The number of fused-ring (bicyclic) bond motifs is 1. The summed E-state index contributed by atoms with van der Waals surface area (Å²) in [5, 5.41) is 8.97. The van der Waals surface area contributed by atoms with Gasteiger partial charge in [0.05, 0.1) is 19.2 Å². The molecule has 0 radical (unpaired) electrons. The minimum atomic E-state index is -0.461. The summed E-state index contributed by atoms with van der Waals surface area (Å²) in [6.45, 7) is 1.94. The summed E-state index contributed by atoms with van der Waals surface area (Å²) in [5.41, 5.74) is 2.04. The number of aliphatic hydroxyl groups excluding tert-OH is 1. The maximum Gasteiger partial charge on any atom is 0.358 e. The van der Waals surface area contributed by atoms with Gasteiger partial charge in [-0.3, -0.25) is 0 Å². The topological polar surface area (TPSA) is 63.8 Å². The third kappa shape index (κ3) is 2.01. The van der Waals surface area contributed by atoms with Gasteiger partial charge in [0.2, 0.25) is 0 Å². The van der Waals surface area contributed by atoms with E-state index < -0.39 is 5.97 Å². The number of esters is 1. The van der Waals surface area contributed by atoms with Crippen LogP contribution in [0.25, 0.3) is 5.52 Å². The van der Waals surface area contributed by atoms with Crippen molar-refractivity contribution in [3.8, 4) is 0 Å². The van der Waals surface area contributed by atoms with Gasteiger partial charge in [0.1, 0.15) is 5.82 Å². The van der Waals surface area contributed by atoms with Crippen molar-refractivity contribution in [2.75, 3.05) is 13.7 Å². The Hall–Kier alpha value is -1.88. The van der Waals surface area contributed by atoms with E-state index in [4.69, 9.17) is 9.84 Å². The van der Waals surface area contributed by atoms with E-state index in [9.17, 15) is 4.79 Å². The number of aliphatic hydroxyl groups is 1. The number of imidazole rings is 1. The molecule has 0 saturated carbocycles. The van der Waals surface area contributed by atoms with Crippen LogP contribution in [0.5, 0.6) is 0 Å². The normalized spacial score (nSPS) is 10.8. The predicted octanol–water partition coefficient (Wildman–Crippen LogP) is 0.964. The maximum atomic E-state index is 11.6. The van der Waals surface area contributed by atoms with Crippen LogP contribution >= 0.6 is 0 Å². The van der Waals surface area contributed by atoms with Gasteiger partial charge in [0, 0.05) is 12.6 Å². The van der Waals surface area contributed by atoms with Crippen LogP contribution in [0.2, 0.25) is 0 Å². The minimum absolute atomic E-state index is 0.00635. The predicted molar refractivity (Wildman–Crippen MR) is 62.1 cm³/mol. The number of carbonyl (C=O) groups excluding carboxylic acids is 1. The van der Waals surface area contributed by atoms with Crippen molar-refractivity contribution < 1.29 is 14.6 Å². The van der Waals surface area contributed by atoms with E-state index in [0.717, 1.165) is 5.56 Å². The number of methoxy groups -OCH3 is 1. The first kappa shape index (κ1) is 11.6. The summed E-state index contributed by atoms with van der Waals surface area (Å²) in [5.74, 6) is 0.195. The second-order valence-corrected chi connectivity index (χ2v) is 3.80. The molecule has 0 aliphatic rings. The van der Waals surface area contributed by atoms with Gasteiger partial charge in [-0.2, -0.15) is 0 Å². The van der Waals surface area contributed by atoms with Crippen molar-refractivity contribution in [2.45, 2.75) is 13.3 Å². The van der Waals surface area contributed by atoms with Crippen molar-refractivity contribution in [3.05, 3.63) is 35.4 Å². The van der Waals surface area contributed by atoms with E-state index in [1.807, 2.05) is 25.3 Å². The van der Waals surface area contributed by atoms with Crippen molar-refractivity contribution in [1.29, 1.82) is 0 Å². The Bertz CT molecular complexity index is 560. The highest BCUT2D eigenvalue weighted by molar-refractivity contribution is 5.95. The number of aromatic nitrogens is 2. The lowest BCUT2D eigenvalue weighted by Gasteiger charge is -2.00. The summed E-state index contributed by atoms with van der Waals surface area (Å²) in [4.78, 5) is 15.8. The SMILES string of the molecule is COC(=O)c1nc(CCO)n2ccc(C)cc12. The highest BCUT2D eigenvalue weighted by atomic mass is 16.5. The lowest BCUT2D eigenvalue weighted by Crippen LogP contribution is -2.02. The maximum absolute atomic E-state index is 11.6. The van der Waals surface area contributed by atoms with E-state index >= 15 is 0 Å². The zero-order valence-electron chi connectivity index (χ0n) is 9.80. The molecule has 2 rings (SSSR count). The fraction of sp³-hybridized carbons (Fsp3) is 0.333. The van der Waals surface area contributed by atoms with Gasteiger partial charge in [-0.25, -0.2) is 9.78 Å². The quantitative estimate of drug-likeness (QED) is 0.803. The highest BCUT2D eigenvalue weighted by Gasteiger charge is 2.17. The van der Waals surface area contributed by atoms with Crippen LogP contribution in [0.15, 0.2) is 18.3 Å². The van der Waals surface area contributed by atoms with Crippen LogP contribution in [0, 0.1) is 6.92 Å². The van der Waals surface area contributed by atoms with Gasteiger partial charge in [-0.15, -0.1) is 0 Å². The molecule has 2 aromatic rings. The van der Waals surface area contributed by atoms with Crippen LogP contribution < -0.4 is 0 Å². The Kier molecular flexibility index (Phi) is 3.10. The van der Waals surface area contributed by atoms with Crippen LogP contribution in [-0.2, 0) is 11.2 Å². The van der Waals surface area contributed by atoms with E-state index in [1.165, 1.54) is 7.11 Å². The van der Waals surface area contributed by atoms with Gasteiger partial charge in [-0.1, -0.05) is 0 Å². The molecule has 5 heteroatoms. The Balaban J connectivity index is 2.66. The van der Waals surface area contributed by atoms with Crippen LogP contribution in [-0.4, -0.2) is 34.2 Å². The Morgan fingerprint density at radius 2 is 2.35 bits per heavy atom. The molecule has 0 atom stereocenters. The lowest BCUT2D eigenvalue weighted by atomic mass is 10.2. The zero-order valence-corrected chi connectivity index (χ0v) is 9.80. The number of ether oxygens (including phenoxy) is 1. The molecule has 0 spiro atoms. The van der Waals surface area contributed by atoms with Crippen molar-refractivity contribution in [2.24, 2.45) is 0 Å². The van der Waals surface area contributed by atoms with E-state index in [0.29, 0.717) is 23.5 Å². The number of aryl methyl sites for hydroxylation is 1. The fourth-order valence-electron chi connectivity index (χ4n) is 1.78. The molecule has 0 unspecified atom stereocenters. The van der Waals surface area contributed by atoms with E-state index in [-0.39, 0.29) is 6.61 Å². The monoisotopic (exact) mass is 234 g/mol. The molecule has 0 fully saturated rings. The molecule has 90 valence electrons. The highest BCUT2D eigenvalue weighted by Crippen LogP contribution is 2.16. The molecule has 0 bridgehead atoms. The van der Waals surface area contributed by atoms with Crippen LogP contribution in [0.4, 0.5) is 0 Å². The van der Waals surface area contributed by atoms with E-state index in [1.54, 1.807) is 4.40 Å². The first-order valence-electron chi connectivity index (χ1n) is 5.34. The lowest BCUT2D eigenvalue weighted by molar-refractivity contribution is 0.0596. The van der Waals surface area contributed by atoms with Gasteiger partial charge < -0.3 is 14.2 Å². The van der Waals surface area contributed by atoms with Crippen molar-refractivity contribution in [1.82, 2.24) is 9.38 Å². The number of nitrogens with zero attached hydrogens (tertiary/aromatic N) is 2. The smallest absolute Gasteiger partial charge is 0.358 e. The molecule has 0 aromatic carbocycles. The molecule has 0 saturated heterocycles. The molecule has 2 aromatic heterocycles. The molecule has 0 aliphatic heterocycles. The second-order valence-electron chi connectivity index (χ2n) is 3.80. The number of rotatable bonds is 3. The third-order valence-corrected chi connectivity index (χ3v) is 2.59. The summed E-state index contributed by atoms with van der Waals surface area (Å²) >= 11 is 0. The molecule has 17 heavy (non-hydrogen) atoms. The molecule has 2 heterocycles. The molecular formula is C12H14N2O3. The molecule has 0 aliphatic carbocycles. The van der Waals surface area contributed by atoms with E-state index in [2.05, 4.69) is 4.98 Å². The van der Waals surface area contributed by atoms with Gasteiger partial charge in [0.15, 0.2) is 5.69 Å². The number of hydrogen-bond donors (Lipinski definition) is 1. The van der Waals surface area contributed by atoms with Crippen LogP contribution in [0.1, 0.15) is 21.9 Å². The number of pyridine rings is 1. The second kappa shape index (κ2) is 4.55. The molecule has 1 N–H and O–H groups in total. The van der Waals surface area contributed by atoms with Gasteiger partial charge in [0.25, 0.3) is 0 Å². The first-order valence-corrected chi connectivity index (χ1v) is 5.34. The number of hydrogen-bond acceptors (Lipinski definition) is 4. The Morgan fingerprint density at radius 1 is 1.59 bits per heavy atom. The standard InChI is InChI=1S/C12H14N2O3/c1-8-3-5-14-9(7-8)11(12(16)17-2)13-10(14)4-6-15/h3,5,7,15H,4,6H2,1-2H3. The largest absolute Gasteiger partial charge is 0.464 e. The third-order valence-electron chi connectivity index (χ3n) is 2.59. The van der Waals surface area contributed by atoms with Gasteiger partial charge in [-0.05, 0) is 24.6 Å². The van der Waals surface area contributed by atoms with Crippen molar-refractivity contribution >= 4 is 11.5 Å². The zero-order chi connectivity index (χ0) is 12.4. The minimum Gasteiger partial charge on any atom is -0.464 e. The molecular weight excluding hydrogens is 220 g/mol. The fourth-order valence-corrected chi connectivity index (χ4v) is 1.78. The summed E-state index contributed by atoms with van der Waals surface area (Å²) in [6.07, 6.45) is 2.25. The average Bonchev–Trinajstić information content (AvgIpc) is 2.67. The summed E-state index contributed by atoms with van der Waals surface area (Å²) in [7, 11) is 1.33. The molecule has 0 amide bonds. The van der Waals surface area contributed by atoms with Gasteiger partial charge >= 0.3 is 5.97 Å².